The van der Waals surface area contributed by atoms with E-state index in [2.05, 4.69) is 15.2 Å². The number of piperidine rings is 1. The number of benzene rings is 1. The third-order valence-electron chi connectivity index (χ3n) is 3.60. The maximum atomic E-state index is 12.5. The first-order chi connectivity index (χ1) is 10.2. The smallest absolute Gasteiger partial charge is 0.326 e. The zero-order chi connectivity index (χ0) is 14.8. The summed E-state index contributed by atoms with van der Waals surface area (Å²) in [4.78, 5) is 29.2. The Hall–Kier alpha value is -2.57. The van der Waals surface area contributed by atoms with Crippen molar-refractivity contribution in [2.75, 3.05) is 6.54 Å². The second kappa shape index (κ2) is 5.43. The Morgan fingerprint density at radius 1 is 1.14 bits per heavy atom. The first-order valence-corrected chi connectivity index (χ1v) is 6.80. The second-order valence-electron chi connectivity index (χ2n) is 4.97. The lowest BCUT2D eigenvalue weighted by Gasteiger charge is -2.32. The molecular formula is C14H14N4O3. The number of amides is 1. The van der Waals surface area contributed by atoms with Crippen LogP contribution in [0.25, 0.3) is 11.0 Å². The number of carbonyl (C=O) groups is 2. The fourth-order valence-electron chi connectivity index (χ4n) is 2.53. The summed E-state index contributed by atoms with van der Waals surface area (Å²) in [5, 5.41) is 17.0. The van der Waals surface area contributed by atoms with E-state index < -0.39 is 17.9 Å². The molecule has 1 unspecified atom stereocenters. The molecule has 0 spiro atoms. The molecule has 1 aliphatic heterocycles. The Morgan fingerprint density at radius 3 is 2.67 bits per heavy atom. The molecule has 2 heterocycles. The van der Waals surface area contributed by atoms with Crippen LogP contribution >= 0.6 is 0 Å². The molecular weight excluding hydrogens is 272 g/mol. The summed E-state index contributed by atoms with van der Waals surface area (Å²) in [5.41, 5.74) is 1.17. The number of aromatic nitrogens is 3. The van der Waals surface area contributed by atoms with Gasteiger partial charge in [0.1, 0.15) is 11.6 Å². The van der Waals surface area contributed by atoms with Gasteiger partial charge in [-0.3, -0.25) is 4.79 Å². The predicted molar refractivity (Wildman–Crippen MR) is 73.6 cm³/mol. The average molecular weight is 286 g/mol. The van der Waals surface area contributed by atoms with Crippen LogP contribution in [-0.4, -0.2) is 49.7 Å². The van der Waals surface area contributed by atoms with Crippen molar-refractivity contribution in [2.45, 2.75) is 25.3 Å². The molecule has 1 aliphatic rings. The third kappa shape index (κ3) is 2.54. The lowest BCUT2D eigenvalue weighted by Crippen LogP contribution is -2.48. The highest BCUT2D eigenvalue weighted by Crippen LogP contribution is 2.19. The molecule has 0 bridgehead atoms. The molecule has 7 nitrogen and oxygen atoms in total. The molecule has 7 heteroatoms. The van der Waals surface area contributed by atoms with Crippen LogP contribution in [0.15, 0.2) is 24.3 Å². The van der Waals surface area contributed by atoms with Crippen molar-refractivity contribution < 1.29 is 14.7 Å². The highest BCUT2D eigenvalue weighted by molar-refractivity contribution is 5.94. The van der Waals surface area contributed by atoms with Crippen LogP contribution in [0, 0.1) is 0 Å². The van der Waals surface area contributed by atoms with E-state index in [1.165, 1.54) is 4.90 Å². The first-order valence-electron chi connectivity index (χ1n) is 6.80. The maximum absolute atomic E-state index is 12.5. The van der Waals surface area contributed by atoms with Crippen LogP contribution in [0.5, 0.6) is 0 Å². The Bertz CT molecular complexity index is 703. The summed E-state index contributed by atoms with van der Waals surface area (Å²) in [6.07, 6.45) is 2.05. The van der Waals surface area contributed by atoms with E-state index in [9.17, 15) is 14.7 Å². The number of hydrogen-bond acceptors (Lipinski definition) is 5. The minimum absolute atomic E-state index is 0.0538. The SMILES string of the molecule is O=C(O)C1CCCCN1C(=O)c1nnc2ccccc2n1. The van der Waals surface area contributed by atoms with E-state index in [0.29, 0.717) is 24.0 Å². The summed E-state index contributed by atoms with van der Waals surface area (Å²) >= 11 is 0. The summed E-state index contributed by atoms with van der Waals surface area (Å²) in [5.74, 6) is -1.51. The molecule has 108 valence electrons. The van der Waals surface area contributed by atoms with Crippen LogP contribution in [0.1, 0.15) is 29.9 Å². The summed E-state index contributed by atoms with van der Waals surface area (Å²) < 4.78 is 0. The van der Waals surface area contributed by atoms with Crippen LogP contribution in [0.4, 0.5) is 0 Å². The molecule has 3 rings (SSSR count). The highest BCUT2D eigenvalue weighted by Gasteiger charge is 2.33. The number of nitrogens with zero attached hydrogens (tertiary/aromatic N) is 4. The van der Waals surface area contributed by atoms with Gasteiger partial charge in [-0.1, -0.05) is 12.1 Å². The number of carboxylic acid groups (broad SMARTS) is 1. The normalized spacial score (nSPS) is 18.7. The average Bonchev–Trinajstić information content (AvgIpc) is 2.53. The number of carboxylic acids is 1. The second-order valence-corrected chi connectivity index (χ2v) is 4.97. The lowest BCUT2D eigenvalue weighted by molar-refractivity contribution is -0.143. The number of hydrogen-bond donors (Lipinski definition) is 1. The molecule has 2 aromatic rings. The van der Waals surface area contributed by atoms with Crippen molar-refractivity contribution in [1.82, 2.24) is 20.1 Å². The minimum Gasteiger partial charge on any atom is -0.480 e. The van der Waals surface area contributed by atoms with Crippen molar-refractivity contribution in [3.05, 3.63) is 30.1 Å². The van der Waals surface area contributed by atoms with Crippen molar-refractivity contribution in [2.24, 2.45) is 0 Å². The van der Waals surface area contributed by atoms with Crippen LogP contribution in [-0.2, 0) is 4.79 Å². The van der Waals surface area contributed by atoms with Crippen molar-refractivity contribution in [3.63, 3.8) is 0 Å². The number of para-hydroxylation sites is 1. The Kier molecular flexibility index (Phi) is 3.47. The summed E-state index contributed by atoms with van der Waals surface area (Å²) in [6.45, 7) is 0.409. The zero-order valence-electron chi connectivity index (χ0n) is 11.3. The van der Waals surface area contributed by atoms with E-state index in [-0.39, 0.29) is 5.82 Å². The number of rotatable bonds is 2. The molecule has 1 N–H and O–H groups in total. The van der Waals surface area contributed by atoms with Crippen LogP contribution in [0.2, 0.25) is 0 Å². The molecule has 1 amide bonds. The molecule has 1 saturated heterocycles. The molecule has 0 saturated carbocycles. The van der Waals surface area contributed by atoms with E-state index in [1.807, 2.05) is 6.07 Å². The minimum atomic E-state index is -0.989. The lowest BCUT2D eigenvalue weighted by atomic mass is 10.0. The van der Waals surface area contributed by atoms with Crippen molar-refractivity contribution >= 4 is 22.9 Å². The van der Waals surface area contributed by atoms with Crippen LogP contribution in [0.3, 0.4) is 0 Å². The maximum Gasteiger partial charge on any atom is 0.326 e. The van der Waals surface area contributed by atoms with Gasteiger partial charge in [-0.15, -0.1) is 10.2 Å². The van der Waals surface area contributed by atoms with Gasteiger partial charge in [0.15, 0.2) is 0 Å². The van der Waals surface area contributed by atoms with E-state index in [0.717, 1.165) is 12.8 Å². The van der Waals surface area contributed by atoms with Gasteiger partial charge >= 0.3 is 5.97 Å². The first kappa shape index (κ1) is 13.4. The van der Waals surface area contributed by atoms with Gasteiger partial charge in [-0.2, -0.15) is 0 Å². The van der Waals surface area contributed by atoms with Crippen LogP contribution < -0.4 is 0 Å². The van der Waals surface area contributed by atoms with Crippen molar-refractivity contribution in [1.29, 1.82) is 0 Å². The number of fused-ring (bicyclic) bond motifs is 1. The van der Waals surface area contributed by atoms with Crippen molar-refractivity contribution in [3.8, 4) is 0 Å². The molecule has 0 aliphatic carbocycles. The monoisotopic (exact) mass is 286 g/mol. The summed E-state index contributed by atoms with van der Waals surface area (Å²) in [6, 6.07) is 6.30. The molecule has 1 aromatic heterocycles. The fraction of sp³-hybridized carbons (Fsp3) is 0.357. The number of likely N-dealkylation sites (tertiary alicyclic amines) is 1. The molecule has 1 fully saturated rings. The van der Waals surface area contributed by atoms with E-state index in [4.69, 9.17) is 0 Å². The van der Waals surface area contributed by atoms with Gasteiger partial charge < -0.3 is 10.0 Å². The number of carbonyl (C=O) groups excluding carboxylic acids is 1. The topological polar surface area (TPSA) is 96.3 Å². The Morgan fingerprint density at radius 2 is 1.90 bits per heavy atom. The zero-order valence-corrected chi connectivity index (χ0v) is 11.3. The Balaban J connectivity index is 1.93. The van der Waals surface area contributed by atoms with Gasteiger partial charge in [0, 0.05) is 6.54 Å². The standard InChI is InChI=1S/C14H14N4O3/c19-13(18-8-4-3-7-11(18)14(20)21)12-15-9-5-1-2-6-10(9)16-17-12/h1-2,5-6,11H,3-4,7-8H2,(H,20,21). The van der Waals surface area contributed by atoms with Gasteiger partial charge in [0.25, 0.3) is 5.91 Å². The van der Waals surface area contributed by atoms with Gasteiger partial charge in [-0.25, -0.2) is 9.78 Å². The van der Waals surface area contributed by atoms with Gasteiger partial charge in [-0.05, 0) is 31.4 Å². The van der Waals surface area contributed by atoms with Gasteiger partial charge in [0.05, 0.1) is 5.52 Å². The molecule has 1 aromatic carbocycles. The molecule has 1 atom stereocenters. The molecule has 0 radical (unpaired) electrons. The fourth-order valence-corrected chi connectivity index (χ4v) is 2.53. The quantitative estimate of drug-likeness (QED) is 0.888. The Labute approximate surface area is 120 Å². The number of aliphatic carboxylic acids is 1. The van der Waals surface area contributed by atoms with E-state index in [1.54, 1.807) is 18.2 Å². The predicted octanol–water partition coefficient (Wildman–Crippen LogP) is 1.10. The summed E-state index contributed by atoms with van der Waals surface area (Å²) in [7, 11) is 0. The molecule has 21 heavy (non-hydrogen) atoms. The highest BCUT2D eigenvalue weighted by atomic mass is 16.4. The van der Waals surface area contributed by atoms with E-state index >= 15 is 0 Å². The third-order valence-corrected chi connectivity index (χ3v) is 3.60. The largest absolute Gasteiger partial charge is 0.480 e. The van der Waals surface area contributed by atoms with Gasteiger partial charge in [0.2, 0.25) is 5.82 Å².